The molecule has 3 heterocycles. The van der Waals surface area contributed by atoms with E-state index in [4.69, 9.17) is 4.42 Å². The van der Waals surface area contributed by atoms with Crippen molar-refractivity contribution in [1.29, 1.82) is 0 Å². The summed E-state index contributed by atoms with van der Waals surface area (Å²) in [5.41, 5.74) is 1.80. The highest BCUT2D eigenvalue weighted by molar-refractivity contribution is 5.92. The molecule has 1 N–H and O–H groups in total. The fraction of sp³-hybridized carbons (Fsp3) is 0.348. The quantitative estimate of drug-likeness (QED) is 0.694. The molecule has 3 aromatic rings. The number of carbonyl (C=O) groups excluding carboxylic acids is 1. The summed E-state index contributed by atoms with van der Waals surface area (Å²) in [6.07, 6.45) is 4.96. The van der Waals surface area contributed by atoms with Crippen LogP contribution < -0.4 is 10.2 Å². The van der Waals surface area contributed by atoms with E-state index in [-0.39, 0.29) is 5.91 Å². The molecule has 1 aromatic carbocycles. The summed E-state index contributed by atoms with van der Waals surface area (Å²) in [6.45, 7) is 4.06. The molecule has 0 saturated carbocycles. The topological polar surface area (TPSA) is 71.3 Å². The minimum absolute atomic E-state index is 0.216. The van der Waals surface area contributed by atoms with Crippen molar-refractivity contribution in [3.05, 3.63) is 77.6 Å². The molecule has 29 heavy (non-hydrogen) atoms. The first kappa shape index (κ1) is 19.2. The summed E-state index contributed by atoms with van der Waals surface area (Å²) in [4.78, 5) is 23.7. The Bertz CT molecular complexity index is 933. The van der Waals surface area contributed by atoms with Gasteiger partial charge in [0.05, 0.1) is 12.8 Å². The molecule has 150 valence electrons. The van der Waals surface area contributed by atoms with E-state index in [1.54, 1.807) is 18.4 Å². The molecular formula is C23H26N4O2. The summed E-state index contributed by atoms with van der Waals surface area (Å²) < 4.78 is 5.26. The highest BCUT2D eigenvalue weighted by atomic mass is 16.3. The molecule has 1 aliphatic rings. The number of anilines is 1. The molecule has 1 saturated heterocycles. The predicted octanol–water partition coefficient (Wildman–Crippen LogP) is 3.77. The van der Waals surface area contributed by atoms with Crippen molar-refractivity contribution in [2.24, 2.45) is 5.92 Å². The number of rotatable bonds is 6. The van der Waals surface area contributed by atoms with Gasteiger partial charge in [-0.1, -0.05) is 30.3 Å². The van der Waals surface area contributed by atoms with Crippen LogP contribution in [0.2, 0.25) is 0 Å². The smallest absolute Gasteiger partial charge is 0.270 e. The van der Waals surface area contributed by atoms with E-state index in [1.807, 2.05) is 13.0 Å². The Kier molecular flexibility index (Phi) is 5.89. The lowest BCUT2D eigenvalue weighted by Crippen LogP contribution is -2.35. The van der Waals surface area contributed by atoms with E-state index in [2.05, 4.69) is 50.5 Å². The third-order valence-corrected chi connectivity index (χ3v) is 5.37. The van der Waals surface area contributed by atoms with Crippen LogP contribution in [0, 0.1) is 12.8 Å². The van der Waals surface area contributed by atoms with Gasteiger partial charge in [0.15, 0.2) is 0 Å². The van der Waals surface area contributed by atoms with E-state index in [9.17, 15) is 4.79 Å². The number of benzene rings is 1. The maximum atomic E-state index is 12.5. The van der Waals surface area contributed by atoms with Crippen LogP contribution >= 0.6 is 0 Å². The highest BCUT2D eigenvalue weighted by Gasteiger charge is 2.22. The lowest BCUT2D eigenvalue weighted by atomic mass is 9.90. The van der Waals surface area contributed by atoms with Crippen LogP contribution in [0.3, 0.4) is 0 Å². The molecule has 0 aliphatic carbocycles. The molecule has 1 fully saturated rings. The van der Waals surface area contributed by atoms with Crippen LogP contribution in [-0.4, -0.2) is 29.0 Å². The van der Waals surface area contributed by atoms with Gasteiger partial charge in [-0.2, -0.15) is 0 Å². The number of amides is 1. The van der Waals surface area contributed by atoms with Gasteiger partial charge in [0, 0.05) is 19.2 Å². The van der Waals surface area contributed by atoms with Gasteiger partial charge in [0.1, 0.15) is 23.1 Å². The van der Waals surface area contributed by atoms with E-state index in [0.29, 0.717) is 29.7 Å². The van der Waals surface area contributed by atoms with E-state index in [0.717, 1.165) is 38.2 Å². The number of hydrogen-bond acceptors (Lipinski definition) is 5. The van der Waals surface area contributed by atoms with Crippen molar-refractivity contribution in [2.45, 2.75) is 32.7 Å². The zero-order valence-corrected chi connectivity index (χ0v) is 16.7. The van der Waals surface area contributed by atoms with Crippen LogP contribution in [0.1, 0.15) is 40.5 Å². The Morgan fingerprint density at radius 3 is 2.66 bits per heavy atom. The van der Waals surface area contributed by atoms with Crippen molar-refractivity contribution in [1.82, 2.24) is 15.3 Å². The SMILES string of the molecule is Cc1nc(C(=O)NCc2ccco2)cc(N2CCC(Cc3ccccc3)CC2)n1. The lowest BCUT2D eigenvalue weighted by Gasteiger charge is -2.33. The van der Waals surface area contributed by atoms with Gasteiger partial charge in [0.25, 0.3) is 5.91 Å². The second-order valence-electron chi connectivity index (χ2n) is 7.54. The van der Waals surface area contributed by atoms with E-state index in [1.165, 1.54) is 5.56 Å². The fourth-order valence-corrected chi connectivity index (χ4v) is 3.81. The Morgan fingerprint density at radius 2 is 1.93 bits per heavy atom. The average molecular weight is 390 g/mol. The molecule has 2 aromatic heterocycles. The first-order chi connectivity index (χ1) is 14.2. The molecule has 1 aliphatic heterocycles. The highest BCUT2D eigenvalue weighted by Crippen LogP contribution is 2.25. The summed E-state index contributed by atoms with van der Waals surface area (Å²) >= 11 is 0. The Morgan fingerprint density at radius 1 is 1.14 bits per heavy atom. The number of nitrogens with zero attached hydrogens (tertiary/aromatic N) is 3. The van der Waals surface area contributed by atoms with Crippen LogP contribution in [0.25, 0.3) is 0 Å². The zero-order chi connectivity index (χ0) is 20.1. The molecular weight excluding hydrogens is 364 g/mol. The van der Waals surface area contributed by atoms with Crippen LogP contribution in [0.15, 0.2) is 59.2 Å². The second-order valence-corrected chi connectivity index (χ2v) is 7.54. The largest absolute Gasteiger partial charge is 0.467 e. The number of aromatic nitrogens is 2. The minimum atomic E-state index is -0.216. The Labute approximate surface area is 171 Å². The van der Waals surface area contributed by atoms with Crippen molar-refractivity contribution in [2.75, 3.05) is 18.0 Å². The van der Waals surface area contributed by atoms with Crippen molar-refractivity contribution in [3.8, 4) is 0 Å². The third kappa shape index (κ3) is 5.02. The third-order valence-electron chi connectivity index (χ3n) is 5.37. The fourth-order valence-electron chi connectivity index (χ4n) is 3.81. The molecule has 0 atom stereocenters. The van der Waals surface area contributed by atoms with E-state index < -0.39 is 0 Å². The maximum absolute atomic E-state index is 12.5. The first-order valence-electron chi connectivity index (χ1n) is 10.1. The van der Waals surface area contributed by atoms with Gasteiger partial charge in [-0.05, 0) is 49.8 Å². The molecule has 0 radical (unpaired) electrons. The molecule has 4 rings (SSSR count). The number of carbonyl (C=O) groups is 1. The average Bonchev–Trinajstić information content (AvgIpc) is 3.26. The molecule has 6 heteroatoms. The lowest BCUT2D eigenvalue weighted by molar-refractivity contribution is 0.0942. The second kappa shape index (κ2) is 8.90. The van der Waals surface area contributed by atoms with Crippen LogP contribution in [0.5, 0.6) is 0 Å². The van der Waals surface area contributed by atoms with Gasteiger partial charge in [-0.25, -0.2) is 9.97 Å². The monoisotopic (exact) mass is 390 g/mol. The maximum Gasteiger partial charge on any atom is 0.270 e. The molecule has 0 bridgehead atoms. The molecule has 6 nitrogen and oxygen atoms in total. The van der Waals surface area contributed by atoms with Crippen molar-refractivity contribution >= 4 is 11.7 Å². The van der Waals surface area contributed by atoms with Crippen molar-refractivity contribution < 1.29 is 9.21 Å². The number of hydrogen-bond donors (Lipinski definition) is 1. The standard InChI is InChI=1S/C23H26N4O2/c1-17-25-21(23(28)24-16-20-8-5-13-29-20)15-22(26-17)27-11-9-19(10-12-27)14-18-6-3-2-4-7-18/h2-8,13,15,19H,9-12,14,16H2,1H3,(H,24,28). The number of nitrogens with one attached hydrogen (secondary N) is 1. The molecule has 0 spiro atoms. The van der Waals surface area contributed by atoms with Gasteiger partial charge in [0.2, 0.25) is 0 Å². The minimum Gasteiger partial charge on any atom is -0.467 e. The zero-order valence-electron chi connectivity index (χ0n) is 16.7. The van der Waals surface area contributed by atoms with E-state index >= 15 is 0 Å². The molecule has 1 amide bonds. The van der Waals surface area contributed by atoms with Gasteiger partial charge < -0.3 is 14.6 Å². The number of aryl methyl sites for hydroxylation is 1. The van der Waals surface area contributed by atoms with Gasteiger partial charge in [-0.3, -0.25) is 4.79 Å². The number of furan rings is 1. The Hall–Kier alpha value is -3.15. The van der Waals surface area contributed by atoms with Crippen molar-refractivity contribution in [3.63, 3.8) is 0 Å². The normalized spacial score (nSPS) is 14.7. The summed E-state index contributed by atoms with van der Waals surface area (Å²) in [6, 6.07) is 16.1. The first-order valence-corrected chi connectivity index (χ1v) is 10.1. The summed E-state index contributed by atoms with van der Waals surface area (Å²) in [5, 5.41) is 2.85. The Balaban J connectivity index is 1.37. The number of piperidine rings is 1. The van der Waals surface area contributed by atoms with Crippen LogP contribution in [0.4, 0.5) is 5.82 Å². The predicted molar refractivity (Wildman–Crippen MR) is 112 cm³/mol. The molecule has 0 unspecified atom stereocenters. The summed E-state index contributed by atoms with van der Waals surface area (Å²) in [7, 11) is 0. The van der Waals surface area contributed by atoms with Gasteiger partial charge in [-0.15, -0.1) is 0 Å². The van der Waals surface area contributed by atoms with Crippen LogP contribution in [-0.2, 0) is 13.0 Å². The summed E-state index contributed by atoms with van der Waals surface area (Å²) in [5.74, 6) is 2.63. The van der Waals surface area contributed by atoms with Gasteiger partial charge >= 0.3 is 0 Å².